The highest BCUT2D eigenvalue weighted by atomic mass is 35.5. The molecule has 9 heteroatoms. The molecule has 1 aliphatic heterocycles. The summed E-state index contributed by atoms with van der Waals surface area (Å²) >= 11 is 5.76. The summed E-state index contributed by atoms with van der Waals surface area (Å²) in [5.41, 5.74) is 1.15. The lowest BCUT2D eigenvalue weighted by Crippen LogP contribution is -2.33. The van der Waals surface area contributed by atoms with Crippen LogP contribution in [0.1, 0.15) is 29.3 Å². The predicted octanol–water partition coefficient (Wildman–Crippen LogP) is 2.76. The first-order valence-electron chi connectivity index (χ1n) is 9.05. The van der Waals surface area contributed by atoms with Crippen LogP contribution in [0.15, 0.2) is 47.4 Å². The number of sulfonamides is 1. The highest BCUT2D eigenvalue weighted by Crippen LogP contribution is 2.29. The first-order valence-corrected chi connectivity index (χ1v) is 10.9. The number of aryl methyl sites for hydroxylation is 1. The Morgan fingerprint density at radius 1 is 1.21 bits per heavy atom. The smallest absolute Gasteiger partial charge is 0.347 e. The minimum absolute atomic E-state index is 0.0264. The van der Waals surface area contributed by atoms with E-state index in [1.54, 1.807) is 25.1 Å². The molecule has 3 rings (SSSR count). The second-order valence-corrected chi connectivity index (χ2v) is 8.62. The molecule has 2 aromatic carbocycles. The molecule has 0 fully saturated rings. The zero-order valence-electron chi connectivity index (χ0n) is 15.7. The average molecular weight is 438 g/mol. The predicted molar refractivity (Wildman–Crippen MR) is 107 cm³/mol. The standard InChI is InChI=1S/C20H20ClNO6S/c1-2-27-20(24)19-10-4-14-11-13(3-9-18(14)28-19)17(23)12-22-29(25,26)16-7-5-15(21)6-8-16/h3,5-9,11,19,22H,2,4,10,12H2,1H3. The van der Waals surface area contributed by atoms with Gasteiger partial charge in [-0.05, 0) is 67.8 Å². The van der Waals surface area contributed by atoms with Crippen LogP contribution in [0.5, 0.6) is 5.75 Å². The largest absolute Gasteiger partial charge is 0.478 e. The Morgan fingerprint density at radius 3 is 2.62 bits per heavy atom. The van der Waals surface area contributed by atoms with Gasteiger partial charge in [-0.25, -0.2) is 17.9 Å². The SMILES string of the molecule is CCOC(=O)C1CCc2cc(C(=O)CNS(=O)(=O)c3ccc(Cl)cc3)ccc2O1. The molecule has 1 aliphatic rings. The first kappa shape index (κ1) is 21.3. The number of halogens is 1. The molecule has 0 amide bonds. The number of Topliss-reactive ketones (excluding diaryl/α,β-unsaturated/α-hetero) is 1. The summed E-state index contributed by atoms with van der Waals surface area (Å²) in [6.07, 6.45) is 0.346. The number of fused-ring (bicyclic) bond motifs is 1. The zero-order chi connectivity index (χ0) is 21.0. The lowest BCUT2D eigenvalue weighted by molar-refractivity contribution is -0.152. The number of hydrogen-bond acceptors (Lipinski definition) is 6. The minimum Gasteiger partial charge on any atom is -0.478 e. The maximum Gasteiger partial charge on any atom is 0.347 e. The number of rotatable bonds is 7. The number of carbonyl (C=O) groups is 2. The van der Waals surface area contributed by atoms with Crippen LogP contribution in [0, 0.1) is 0 Å². The summed E-state index contributed by atoms with van der Waals surface area (Å²) in [6, 6.07) is 10.5. The second-order valence-electron chi connectivity index (χ2n) is 6.42. The lowest BCUT2D eigenvalue weighted by atomic mass is 9.98. The molecule has 0 saturated carbocycles. The van der Waals surface area contributed by atoms with Crippen LogP contribution >= 0.6 is 11.6 Å². The molecule has 29 heavy (non-hydrogen) atoms. The van der Waals surface area contributed by atoms with Crippen LogP contribution in [-0.2, 0) is 26.0 Å². The van der Waals surface area contributed by atoms with Crippen LogP contribution in [0.3, 0.4) is 0 Å². The van der Waals surface area contributed by atoms with Crippen molar-refractivity contribution in [1.82, 2.24) is 4.72 Å². The molecule has 154 valence electrons. The third-order valence-corrected chi connectivity index (χ3v) is 6.09. The summed E-state index contributed by atoms with van der Waals surface area (Å²) in [7, 11) is -3.83. The Hall–Kier alpha value is -2.42. The van der Waals surface area contributed by atoms with E-state index < -0.39 is 22.1 Å². The van der Waals surface area contributed by atoms with Gasteiger partial charge in [0.05, 0.1) is 18.0 Å². The summed E-state index contributed by atoms with van der Waals surface area (Å²) < 4.78 is 37.5. The molecule has 2 aromatic rings. The quantitative estimate of drug-likeness (QED) is 0.528. The number of nitrogens with one attached hydrogen (secondary N) is 1. The van der Waals surface area contributed by atoms with E-state index in [0.717, 1.165) is 5.56 Å². The average Bonchev–Trinajstić information content (AvgIpc) is 2.71. The van der Waals surface area contributed by atoms with Crippen molar-refractivity contribution in [2.75, 3.05) is 13.2 Å². The molecule has 0 saturated heterocycles. The molecule has 1 unspecified atom stereocenters. The van der Waals surface area contributed by atoms with E-state index in [-0.39, 0.29) is 23.8 Å². The zero-order valence-corrected chi connectivity index (χ0v) is 17.3. The van der Waals surface area contributed by atoms with Crippen molar-refractivity contribution in [3.63, 3.8) is 0 Å². The van der Waals surface area contributed by atoms with Gasteiger partial charge in [-0.1, -0.05) is 11.6 Å². The fourth-order valence-corrected chi connectivity index (χ4v) is 4.03. The number of benzene rings is 2. The summed E-state index contributed by atoms with van der Waals surface area (Å²) in [5.74, 6) is -0.264. The van der Waals surface area contributed by atoms with Crippen molar-refractivity contribution in [2.24, 2.45) is 0 Å². The van der Waals surface area contributed by atoms with Crippen molar-refractivity contribution in [1.29, 1.82) is 0 Å². The van der Waals surface area contributed by atoms with Gasteiger partial charge in [0.2, 0.25) is 10.0 Å². The Morgan fingerprint density at radius 2 is 1.93 bits per heavy atom. The minimum atomic E-state index is -3.83. The van der Waals surface area contributed by atoms with Gasteiger partial charge in [-0.3, -0.25) is 4.79 Å². The maximum absolute atomic E-state index is 12.5. The van der Waals surface area contributed by atoms with Crippen molar-refractivity contribution >= 4 is 33.4 Å². The summed E-state index contributed by atoms with van der Waals surface area (Å²) in [4.78, 5) is 24.3. The first-order chi connectivity index (χ1) is 13.8. The third-order valence-electron chi connectivity index (χ3n) is 4.42. The van der Waals surface area contributed by atoms with Crippen LogP contribution in [0.4, 0.5) is 0 Å². The molecule has 0 aromatic heterocycles. The fourth-order valence-electron chi connectivity index (χ4n) is 2.92. The number of ketones is 1. The van der Waals surface area contributed by atoms with Crippen molar-refractivity contribution < 1.29 is 27.5 Å². The summed E-state index contributed by atoms with van der Waals surface area (Å²) in [5, 5.41) is 0.418. The molecule has 0 spiro atoms. The summed E-state index contributed by atoms with van der Waals surface area (Å²) in [6.45, 7) is 1.63. The third kappa shape index (κ3) is 5.14. The van der Waals surface area contributed by atoms with Gasteiger partial charge in [0.1, 0.15) is 5.75 Å². The molecule has 1 N–H and O–H groups in total. The van der Waals surface area contributed by atoms with Gasteiger partial charge in [0, 0.05) is 10.6 Å². The second kappa shape index (κ2) is 8.94. The normalized spacial score (nSPS) is 15.9. The van der Waals surface area contributed by atoms with Gasteiger partial charge in [-0.15, -0.1) is 0 Å². The molecular weight excluding hydrogens is 418 g/mol. The van der Waals surface area contributed by atoms with Gasteiger partial charge in [0.15, 0.2) is 11.9 Å². The van der Waals surface area contributed by atoms with E-state index in [1.165, 1.54) is 24.3 Å². The van der Waals surface area contributed by atoms with E-state index in [9.17, 15) is 18.0 Å². The monoisotopic (exact) mass is 437 g/mol. The van der Waals surface area contributed by atoms with Crippen LogP contribution in [-0.4, -0.2) is 39.4 Å². The van der Waals surface area contributed by atoms with E-state index in [1.807, 2.05) is 0 Å². The Labute approximate surface area is 174 Å². The van der Waals surface area contributed by atoms with Crippen molar-refractivity contribution in [3.05, 3.63) is 58.6 Å². The van der Waals surface area contributed by atoms with Gasteiger partial charge in [-0.2, -0.15) is 0 Å². The highest BCUT2D eigenvalue weighted by molar-refractivity contribution is 7.89. The van der Waals surface area contributed by atoms with Crippen LogP contribution < -0.4 is 9.46 Å². The molecule has 0 radical (unpaired) electrons. The van der Waals surface area contributed by atoms with E-state index >= 15 is 0 Å². The fraction of sp³-hybridized carbons (Fsp3) is 0.300. The van der Waals surface area contributed by atoms with Crippen molar-refractivity contribution in [2.45, 2.75) is 30.8 Å². The van der Waals surface area contributed by atoms with Gasteiger partial charge < -0.3 is 9.47 Å². The molecular formula is C20H20ClNO6S. The van der Waals surface area contributed by atoms with E-state index in [4.69, 9.17) is 21.1 Å². The Kier molecular flexibility index (Phi) is 6.56. The molecule has 1 heterocycles. The number of hydrogen-bond donors (Lipinski definition) is 1. The molecule has 0 aliphatic carbocycles. The van der Waals surface area contributed by atoms with Crippen LogP contribution in [0.2, 0.25) is 5.02 Å². The molecule has 0 bridgehead atoms. The van der Waals surface area contributed by atoms with Crippen LogP contribution in [0.25, 0.3) is 0 Å². The Balaban J connectivity index is 1.65. The topological polar surface area (TPSA) is 98.8 Å². The van der Waals surface area contributed by atoms with E-state index in [2.05, 4.69) is 4.72 Å². The molecule has 7 nitrogen and oxygen atoms in total. The lowest BCUT2D eigenvalue weighted by Gasteiger charge is -2.24. The molecule has 1 atom stereocenters. The number of carbonyl (C=O) groups excluding carboxylic acids is 2. The van der Waals surface area contributed by atoms with E-state index in [0.29, 0.717) is 29.2 Å². The highest BCUT2D eigenvalue weighted by Gasteiger charge is 2.27. The van der Waals surface area contributed by atoms with Crippen molar-refractivity contribution in [3.8, 4) is 5.75 Å². The maximum atomic E-state index is 12.5. The number of esters is 1. The number of ether oxygens (including phenoxy) is 2. The van der Waals surface area contributed by atoms with Gasteiger partial charge in [0.25, 0.3) is 0 Å². The Bertz CT molecular complexity index is 1020. The van der Waals surface area contributed by atoms with Gasteiger partial charge >= 0.3 is 5.97 Å².